The molecule has 2 rings (SSSR count). The van der Waals surface area contributed by atoms with Crippen LogP contribution in [0.1, 0.15) is 31.7 Å². The van der Waals surface area contributed by atoms with E-state index < -0.39 is 5.60 Å². The summed E-state index contributed by atoms with van der Waals surface area (Å²) in [7, 11) is 0. The molecular formula is C16H23FN2O2. The van der Waals surface area contributed by atoms with Gasteiger partial charge in [-0.25, -0.2) is 4.39 Å². The minimum atomic E-state index is -1.36. The zero-order valence-electron chi connectivity index (χ0n) is 12.4. The molecule has 21 heavy (non-hydrogen) atoms. The van der Waals surface area contributed by atoms with Crippen molar-refractivity contribution in [2.75, 3.05) is 19.6 Å². The third-order valence-corrected chi connectivity index (χ3v) is 3.87. The molecule has 1 atom stereocenters. The summed E-state index contributed by atoms with van der Waals surface area (Å²) in [5.74, 6) is -0.621. The first-order valence-electron chi connectivity index (χ1n) is 7.52. The zero-order chi connectivity index (χ0) is 15.3. The molecule has 1 aromatic carbocycles. The molecule has 0 spiro atoms. The van der Waals surface area contributed by atoms with Gasteiger partial charge in [0.2, 0.25) is 0 Å². The molecule has 1 aliphatic rings. The molecule has 5 heteroatoms. The van der Waals surface area contributed by atoms with Gasteiger partial charge in [-0.1, -0.05) is 25.1 Å². The van der Waals surface area contributed by atoms with Crippen LogP contribution in [0.25, 0.3) is 0 Å². The van der Waals surface area contributed by atoms with Crippen molar-refractivity contribution in [1.82, 2.24) is 10.2 Å². The van der Waals surface area contributed by atoms with Crippen LogP contribution in [0.5, 0.6) is 0 Å². The first-order valence-corrected chi connectivity index (χ1v) is 7.52. The summed E-state index contributed by atoms with van der Waals surface area (Å²) in [6, 6.07) is 6.44. The van der Waals surface area contributed by atoms with Gasteiger partial charge in [0.25, 0.3) is 5.91 Å². The van der Waals surface area contributed by atoms with Crippen LogP contribution < -0.4 is 5.32 Å². The lowest BCUT2D eigenvalue weighted by atomic mass is 9.91. The molecule has 1 aromatic rings. The van der Waals surface area contributed by atoms with E-state index in [2.05, 4.69) is 5.32 Å². The Hall–Kier alpha value is -1.46. The second-order valence-corrected chi connectivity index (χ2v) is 5.63. The van der Waals surface area contributed by atoms with Gasteiger partial charge in [-0.15, -0.1) is 0 Å². The maximum Gasteiger partial charge on any atom is 0.256 e. The quantitative estimate of drug-likeness (QED) is 0.785. The van der Waals surface area contributed by atoms with E-state index in [9.17, 15) is 14.3 Å². The van der Waals surface area contributed by atoms with E-state index in [1.165, 1.54) is 6.07 Å². The summed E-state index contributed by atoms with van der Waals surface area (Å²) >= 11 is 0. The highest BCUT2D eigenvalue weighted by molar-refractivity contribution is 5.86. The van der Waals surface area contributed by atoms with E-state index >= 15 is 0 Å². The van der Waals surface area contributed by atoms with Crippen LogP contribution in [0.4, 0.5) is 4.39 Å². The summed E-state index contributed by atoms with van der Waals surface area (Å²) < 4.78 is 13.7. The zero-order valence-corrected chi connectivity index (χ0v) is 12.4. The number of halogens is 1. The highest BCUT2D eigenvalue weighted by atomic mass is 19.1. The first-order chi connectivity index (χ1) is 10.1. The molecule has 0 aliphatic carbocycles. The van der Waals surface area contributed by atoms with Crippen LogP contribution in [0, 0.1) is 5.82 Å². The number of likely N-dealkylation sites (tertiary alicyclic amines) is 1. The molecule has 0 bridgehead atoms. The second-order valence-electron chi connectivity index (χ2n) is 5.63. The maximum absolute atomic E-state index is 13.7. The standard InChI is InChI=1S/C16H23FN2O2/c1-2-9-18-12-16(21)8-5-10-19(15(16)20)11-13-6-3-4-7-14(13)17/h3-4,6-7,18,21H,2,5,8-12H2,1H3. The molecule has 0 saturated carbocycles. The van der Waals surface area contributed by atoms with Gasteiger partial charge < -0.3 is 15.3 Å². The molecule has 116 valence electrons. The van der Waals surface area contributed by atoms with Crippen molar-refractivity contribution in [3.8, 4) is 0 Å². The smallest absolute Gasteiger partial charge is 0.256 e. The molecule has 1 heterocycles. The van der Waals surface area contributed by atoms with E-state index in [-0.39, 0.29) is 24.8 Å². The number of carbonyl (C=O) groups excluding carboxylic acids is 1. The highest BCUT2D eigenvalue weighted by Crippen LogP contribution is 2.24. The number of hydrogen-bond donors (Lipinski definition) is 2. The van der Waals surface area contributed by atoms with Crippen molar-refractivity contribution in [1.29, 1.82) is 0 Å². The van der Waals surface area contributed by atoms with Crippen molar-refractivity contribution in [2.24, 2.45) is 0 Å². The molecule has 4 nitrogen and oxygen atoms in total. The van der Waals surface area contributed by atoms with Crippen molar-refractivity contribution in [3.63, 3.8) is 0 Å². The van der Waals surface area contributed by atoms with E-state index in [0.29, 0.717) is 18.5 Å². The molecule has 0 aromatic heterocycles. The monoisotopic (exact) mass is 294 g/mol. The summed E-state index contributed by atoms with van der Waals surface area (Å²) in [6.45, 7) is 3.82. The SMILES string of the molecule is CCCNCC1(O)CCCN(Cc2ccccc2F)C1=O. The topological polar surface area (TPSA) is 52.6 Å². The number of nitrogens with one attached hydrogen (secondary N) is 1. The molecule has 1 fully saturated rings. The van der Waals surface area contributed by atoms with Gasteiger partial charge in [0.15, 0.2) is 5.60 Å². The molecule has 1 aliphatic heterocycles. The van der Waals surface area contributed by atoms with Crippen LogP contribution in [0.15, 0.2) is 24.3 Å². The predicted octanol–water partition coefficient (Wildman–Crippen LogP) is 1.68. The van der Waals surface area contributed by atoms with E-state index in [0.717, 1.165) is 19.4 Å². The minimum absolute atomic E-state index is 0.210. The Morgan fingerprint density at radius 3 is 2.90 bits per heavy atom. The third kappa shape index (κ3) is 3.80. The molecular weight excluding hydrogens is 271 g/mol. The van der Waals surface area contributed by atoms with Gasteiger partial charge in [0.1, 0.15) is 5.82 Å². The van der Waals surface area contributed by atoms with Gasteiger partial charge in [0, 0.05) is 25.2 Å². The highest BCUT2D eigenvalue weighted by Gasteiger charge is 2.41. The summed E-state index contributed by atoms with van der Waals surface area (Å²) in [5.41, 5.74) is -0.879. The predicted molar refractivity (Wildman–Crippen MR) is 79.2 cm³/mol. The number of aliphatic hydroxyl groups is 1. The largest absolute Gasteiger partial charge is 0.379 e. The van der Waals surface area contributed by atoms with Crippen molar-refractivity contribution in [3.05, 3.63) is 35.6 Å². The van der Waals surface area contributed by atoms with Gasteiger partial charge in [-0.05, 0) is 31.9 Å². The number of amides is 1. The lowest BCUT2D eigenvalue weighted by molar-refractivity contribution is -0.157. The Bertz CT molecular complexity index is 495. The Labute approximate surface area is 125 Å². The van der Waals surface area contributed by atoms with E-state index in [1.54, 1.807) is 23.1 Å². The Morgan fingerprint density at radius 1 is 1.43 bits per heavy atom. The third-order valence-electron chi connectivity index (χ3n) is 3.87. The lowest BCUT2D eigenvalue weighted by Crippen LogP contribution is -2.57. The number of hydrogen-bond acceptors (Lipinski definition) is 3. The van der Waals surface area contributed by atoms with Crippen LogP contribution in [-0.4, -0.2) is 41.1 Å². The number of carbonyl (C=O) groups is 1. The molecule has 0 radical (unpaired) electrons. The van der Waals surface area contributed by atoms with E-state index in [4.69, 9.17) is 0 Å². The average Bonchev–Trinajstić information content (AvgIpc) is 2.47. The van der Waals surface area contributed by atoms with Crippen molar-refractivity contribution < 1.29 is 14.3 Å². The average molecular weight is 294 g/mol. The fourth-order valence-electron chi connectivity index (χ4n) is 2.68. The molecule has 1 amide bonds. The number of benzene rings is 1. The minimum Gasteiger partial charge on any atom is -0.379 e. The number of nitrogens with zero attached hydrogens (tertiary/aromatic N) is 1. The Kier molecular flexibility index (Phi) is 5.31. The van der Waals surface area contributed by atoms with Crippen molar-refractivity contribution >= 4 is 5.91 Å². The molecule has 1 saturated heterocycles. The summed E-state index contributed by atoms with van der Waals surface area (Å²) in [4.78, 5) is 14.0. The fourth-order valence-corrected chi connectivity index (χ4v) is 2.68. The van der Waals surface area contributed by atoms with Gasteiger partial charge in [-0.3, -0.25) is 4.79 Å². The Morgan fingerprint density at radius 2 is 2.19 bits per heavy atom. The van der Waals surface area contributed by atoms with Crippen LogP contribution in [-0.2, 0) is 11.3 Å². The fraction of sp³-hybridized carbons (Fsp3) is 0.562. The van der Waals surface area contributed by atoms with Gasteiger partial charge >= 0.3 is 0 Å². The lowest BCUT2D eigenvalue weighted by Gasteiger charge is -2.38. The van der Waals surface area contributed by atoms with Crippen LogP contribution >= 0.6 is 0 Å². The molecule has 2 N–H and O–H groups in total. The number of rotatable bonds is 6. The number of piperidine rings is 1. The first kappa shape index (κ1) is 15.9. The van der Waals surface area contributed by atoms with E-state index in [1.807, 2.05) is 6.92 Å². The maximum atomic E-state index is 13.7. The normalized spacial score (nSPS) is 22.6. The van der Waals surface area contributed by atoms with Crippen molar-refractivity contribution in [2.45, 2.75) is 38.3 Å². The van der Waals surface area contributed by atoms with Gasteiger partial charge in [-0.2, -0.15) is 0 Å². The Balaban J connectivity index is 2.04. The van der Waals surface area contributed by atoms with Gasteiger partial charge in [0.05, 0.1) is 0 Å². The summed E-state index contributed by atoms with van der Waals surface area (Å²) in [6.07, 6.45) is 2.13. The van der Waals surface area contributed by atoms with Crippen LogP contribution in [0.2, 0.25) is 0 Å². The summed E-state index contributed by atoms with van der Waals surface area (Å²) in [5, 5.41) is 13.6. The van der Waals surface area contributed by atoms with Crippen LogP contribution in [0.3, 0.4) is 0 Å². The second kappa shape index (κ2) is 7.00. The molecule has 1 unspecified atom stereocenters.